The van der Waals surface area contributed by atoms with E-state index in [1.54, 1.807) is 6.07 Å². The summed E-state index contributed by atoms with van der Waals surface area (Å²) in [6.07, 6.45) is 13.3. The molecule has 118 valence electrons. The lowest BCUT2D eigenvalue weighted by Crippen LogP contribution is -2.13. The maximum atomic E-state index is 11.7. The number of hydrogen-bond donors (Lipinski definition) is 1. The first-order valence-electron chi connectivity index (χ1n) is 8.00. The number of nitrogens with zero attached hydrogens (tertiary/aromatic N) is 2. The summed E-state index contributed by atoms with van der Waals surface area (Å²) in [6.45, 7) is 2.24. The number of carbonyl (C=O) groups is 1. The fourth-order valence-corrected chi connectivity index (χ4v) is 2.32. The second-order valence-corrected chi connectivity index (χ2v) is 5.72. The van der Waals surface area contributed by atoms with E-state index < -0.39 is 0 Å². The van der Waals surface area contributed by atoms with E-state index in [4.69, 9.17) is 11.6 Å². The minimum Gasteiger partial charge on any atom is -0.294 e. The summed E-state index contributed by atoms with van der Waals surface area (Å²) in [6, 6.07) is 1.58. The predicted molar refractivity (Wildman–Crippen MR) is 87.5 cm³/mol. The summed E-state index contributed by atoms with van der Waals surface area (Å²) >= 11 is 5.73. The third kappa shape index (κ3) is 9.40. The monoisotopic (exact) mass is 311 g/mol. The Morgan fingerprint density at radius 2 is 1.71 bits per heavy atom. The molecule has 1 rings (SSSR count). The van der Waals surface area contributed by atoms with Crippen LogP contribution in [0.5, 0.6) is 0 Å². The van der Waals surface area contributed by atoms with Crippen molar-refractivity contribution in [1.29, 1.82) is 0 Å². The fourth-order valence-electron chi connectivity index (χ4n) is 2.18. The van der Waals surface area contributed by atoms with Crippen LogP contribution in [0.1, 0.15) is 71.1 Å². The molecule has 0 saturated heterocycles. The molecule has 0 aromatic carbocycles. The lowest BCUT2D eigenvalue weighted by atomic mass is 10.1. The van der Waals surface area contributed by atoms with Gasteiger partial charge in [0.2, 0.25) is 11.9 Å². The molecule has 0 spiro atoms. The SMILES string of the molecule is CCCCCCCCCCCC(=O)Nc1nccc(Cl)n1. The zero-order valence-corrected chi connectivity index (χ0v) is 13.7. The van der Waals surface area contributed by atoms with E-state index in [2.05, 4.69) is 22.2 Å². The van der Waals surface area contributed by atoms with Crippen LogP contribution in [0.25, 0.3) is 0 Å². The van der Waals surface area contributed by atoms with Crippen molar-refractivity contribution in [3.05, 3.63) is 17.4 Å². The van der Waals surface area contributed by atoms with Crippen LogP contribution in [-0.2, 0) is 4.79 Å². The van der Waals surface area contributed by atoms with Crippen molar-refractivity contribution in [3.8, 4) is 0 Å². The summed E-state index contributed by atoms with van der Waals surface area (Å²) in [5.41, 5.74) is 0. The number of anilines is 1. The molecule has 1 heterocycles. The Bertz CT molecular complexity index is 412. The zero-order valence-electron chi connectivity index (χ0n) is 12.9. The van der Waals surface area contributed by atoms with Crippen molar-refractivity contribution in [1.82, 2.24) is 9.97 Å². The van der Waals surface area contributed by atoms with Crippen molar-refractivity contribution < 1.29 is 4.79 Å². The second kappa shape index (κ2) is 11.5. The van der Waals surface area contributed by atoms with Gasteiger partial charge in [-0.15, -0.1) is 0 Å². The molecule has 1 amide bonds. The van der Waals surface area contributed by atoms with Crippen molar-refractivity contribution in [3.63, 3.8) is 0 Å². The van der Waals surface area contributed by atoms with Crippen molar-refractivity contribution in [2.75, 3.05) is 5.32 Å². The lowest BCUT2D eigenvalue weighted by Gasteiger charge is -2.04. The first kappa shape index (κ1) is 17.9. The third-order valence-electron chi connectivity index (χ3n) is 3.38. The Labute approximate surface area is 132 Å². The van der Waals surface area contributed by atoms with Crippen LogP contribution in [0.15, 0.2) is 12.3 Å². The van der Waals surface area contributed by atoms with E-state index >= 15 is 0 Å². The number of rotatable bonds is 11. The standard InChI is InChI=1S/C16H26ClN3O/c1-2-3-4-5-6-7-8-9-10-11-15(21)20-16-18-13-12-14(17)19-16/h12-13H,2-11H2,1H3,(H,18,19,20,21). The van der Waals surface area contributed by atoms with Gasteiger partial charge in [0.25, 0.3) is 0 Å². The van der Waals surface area contributed by atoms with E-state index in [-0.39, 0.29) is 11.9 Å². The van der Waals surface area contributed by atoms with Gasteiger partial charge in [-0.3, -0.25) is 10.1 Å². The Hall–Kier alpha value is -1.16. The fraction of sp³-hybridized carbons (Fsp3) is 0.688. The number of halogens is 1. The van der Waals surface area contributed by atoms with Crippen LogP contribution >= 0.6 is 11.6 Å². The van der Waals surface area contributed by atoms with E-state index in [0.717, 1.165) is 12.8 Å². The highest BCUT2D eigenvalue weighted by Crippen LogP contribution is 2.11. The average molecular weight is 312 g/mol. The normalized spacial score (nSPS) is 10.6. The number of hydrogen-bond acceptors (Lipinski definition) is 3. The maximum absolute atomic E-state index is 11.7. The highest BCUT2D eigenvalue weighted by Gasteiger charge is 2.04. The van der Waals surface area contributed by atoms with E-state index in [0.29, 0.717) is 11.6 Å². The topological polar surface area (TPSA) is 54.9 Å². The van der Waals surface area contributed by atoms with Crippen LogP contribution in [0, 0.1) is 0 Å². The first-order chi connectivity index (χ1) is 10.2. The summed E-state index contributed by atoms with van der Waals surface area (Å²) < 4.78 is 0. The van der Waals surface area contributed by atoms with Gasteiger partial charge in [-0.2, -0.15) is 0 Å². The minimum absolute atomic E-state index is 0.0415. The van der Waals surface area contributed by atoms with Gasteiger partial charge in [0.15, 0.2) is 0 Å². The molecule has 21 heavy (non-hydrogen) atoms. The number of amides is 1. The quantitative estimate of drug-likeness (QED) is 0.462. The lowest BCUT2D eigenvalue weighted by molar-refractivity contribution is -0.116. The molecule has 1 aromatic heterocycles. The van der Waals surface area contributed by atoms with Crippen molar-refractivity contribution in [2.45, 2.75) is 71.1 Å². The summed E-state index contributed by atoms with van der Waals surface area (Å²) in [7, 11) is 0. The second-order valence-electron chi connectivity index (χ2n) is 5.33. The van der Waals surface area contributed by atoms with Crippen LogP contribution in [0.4, 0.5) is 5.95 Å². The molecule has 1 N–H and O–H groups in total. The molecule has 0 aliphatic carbocycles. The highest BCUT2D eigenvalue weighted by molar-refractivity contribution is 6.29. The van der Waals surface area contributed by atoms with E-state index in [1.807, 2.05) is 0 Å². The highest BCUT2D eigenvalue weighted by atomic mass is 35.5. The average Bonchev–Trinajstić information content (AvgIpc) is 2.45. The minimum atomic E-state index is -0.0415. The summed E-state index contributed by atoms with van der Waals surface area (Å²) in [5, 5.41) is 3.00. The molecular formula is C16H26ClN3O. The van der Waals surface area contributed by atoms with Gasteiger partial charge in [0.1, 0.15) is 5.15 Å². The number of unbranched alkanes of at least 4 members (excludes halogenated alkanes) is 8. The van der Waals surface area contributed by atoms with Gasteiger partial charge in [-0.05, 0) is 12.5 Å². The molecule has 1 aromatic rings. The van der Waals surface area contributed by atoms with Gasteiger partial charge in [-0.25, -0.2) is 9.97 Å². The van der Waals surface area contributed by atoms with Gasteiger partial charge < -0.3 is 0 Å². The molecular weight excluding hydrogens is 286 g/mol. The third-order valence-corrected chi connectivity index (χ3v) is 3.59. The molecule has 0 aliphatic rings. The predicted octanol–water partition coefficient (Wildman–Crippen LogP) is 4.99. The molecule has 0 aliphatic heterocycles. The van der Waals surface area contributed by atoms with Gasteiger partial charge in [0, 0.05) is 12.6 Å². The Kier molecular flexibility index (Phi) is 9.79. The molecule has 4 nitrogen and oxygen atoms in total. The number of aromatic nitrogens is 2. The van der Waals surface area contributed by atoms with Crippen molar-refractivity contribution in [2.24, 2.45) is 0 Å². The van der Waals surface area contributed by atoms with Gasteiger partial charge in [-0.1, -0.05) is 69.9 Å². The van der Waals surface area contributed by atoms with E-state index in [1.165, 1.54) is 51.1 Å². The molecule has 0 bridgehead atoms. The van der Waals surface area contributed by atoms with Gasteiger partial charge in [0.05, 0.1) is 0 Å². The molecule has 0 fully saturated rings. The Balaban J connectivity index is 1.99. The summed E-state index contributed by atoms with van der Waals surface area (Å²) in [5.74, 6) is 0.239. The Morgan fingerprint density at radius 1 is 1.10 bits per heavy atom. The van der Waals surface area contributed by atoms with Crippen LogP contribution < -0.4 is 5.32 Å². The van der Waals surface area contributed by atoms with Crippen LogP contribution in [-0.4, -0.2) is 15.9 Å². The molecule has 0 atom stereocenters. The molecule has 0 saturated carbocycles. The Morgan fingerprint density at radius 3 is 2.33 bits per heavy atom. The molecule has 0 unspecified atom stereocenters. The van der Waals surface area contributed by atoms with Crippen LogP contribution in [0.3, 0.4) is 0 Å². The smallest absolute Gasteiger partial charge is 0.230 e. The number of nitrogens with one attached hydrogen (secondary N) is 1. The summed E-state index contributed by atoms with van der Waals surface area (Å²) in [4.78, 5) is 19.6. The zero-order chi connectivity index (χ0) is 15.3. The number of carbonyl (C=O) groups excluding carboxylic acids is 1. The van der Waals surface area contributed by atoms with Crippen molar-refractivity contribution >= 4 is 23.5 Å². The van der Waals surface area contributed by atoms with Gasteiger partial charge >= 0.3 is 0 Å². The van der Waals surface area contributed by atoms with Crippen LogP contribution in [0.2, 0.25) is 5.15 Å². The van der Waals surface area contributed by atoms with E-state index in [9.17, 15) is 4.79 Å². The largest absolute Gasteiger partial charge is 0.294 e. The maximum Gasteiger partial charge on any atom is 0.230 e. The first-order valence-corrected chi connectivity index (χ1v) is 8.38. The molecule has 5 heteroatoms. The molecule has 0 radical (unpaired) electrons.